The molecule has 30 heavy (non-hydrogen) atoms. The van der Waals surface area contributed by atoms with E-state index in [1.54, 1.807) is 24.7 Å². The summed E-state index contributed by atoms with van der Waals surface area (Å²) >= 11 is 0. The van der Waals surface area contributed by atoms with Gasteiger partial charge in [-0.05, 0) is 49.7 Å². The van der Waals surface area contributed by atoms with Gasteiger partial charge in [0.1, 0.15) is 11.3 Å². The molecule has 0 saturated heterocycles. The fourth-order valence-corrected chi connectivity index (χ4v) is 3.45. The SMILES string of the molecule is Cc1ccccc1NC(=O)c1c(-c2cccnc2)n(Cc2ccco2)c(C)cc1=O. The van der Waals surface area contributed by atoms with E-state index in [2.05, 4.69) is 10.3 Å². The Balaban J connectivity index is 1.90. The van der Waals surface area contributed by atoms with Crippen molar-refractivity contribution in [2.24, 2.45) is 0 Å². The number of rotatable bonds is 5. The first kappa shape index (κ1) is 19.4. The minimum absolute atomic E-state index is 0.0726. The first-order chi connectivity index (χ1) is 14.5. The van der Waals surface area contributed by atoms with Crippen LogP contribution in [0.1, 0.15) is 27.4 Å². The number of para-hydroxylation sites is 1. The molecule has 4 aromatic rings. The Kier molecular flexibility index (Phi) is 5.30. The maximum Gasteiger partial charge on any atom is 0.261 e. The molecule has 4 rings (SSSR count). The normalized spacial score (nSPS) is 10.7. The Morgan fingerprint density at radius 2 is 1.93 bits per heavy atom. The van der Waals surface area contributed by atoms with Crippen molar-refractivity contribution >= 4 is 11.6 Å². The van der Waals surface area contributed by atoms with E-state index in [-0.39, 0.29) is 11.0 Å². The highest BCUT2D eigenvalue weighted by Gasteiger charge is 2.23. The molecular weight excluding hydrogens is 378 g/mol. The third kappa shape index (κ3) is 3.80. The number of benzene rings is 1. The third-order valence-corrected chi connectivity index (χ3v) is 4.97. The molecule has 3 aromatic heterocycles. The van der Waals surface area contributed by atoms with Crippen LogP contribution in [0.25, 0.3) is 11.3 Å². The molecule has 1 N–H and O–H groups in total. The number of aromatic nitrogens is 2. The number of hydrogen-bond acceptors (Lipinski definition) is 4. The van der Waals surface area contributed by atoms with Crippen molar-refractivity contribution in [3.63, 3.8) is 0 Å². The Hall–Kier alpha value is -3.93. The number of amides is 1. The van der Waals surface area contributed by atoms with Crippen molar-refractivity contribution in [3.8, 4) is 11.3 Å². The predicted molar refractivity (Wildman–Crippen MR) is 116 cm³/mol. The van der Waals surface area contributed by atoms with Gasteiger partial charge in [0.25, 0.3) is 5.91 Å². The summed E-state index contributed by atoms with van der Waals surface area (Å²) in [5.41, 5.74) is 3.23. The topological polar surface area (TPSA) is 77.1 Å². The van der Waals surface area contributed by atoms with Gasteiger partial charge in [0.2, 0.25) is 0 Å². The molecule has 1 amide bonds. The molecule has 0 atom stereocenters. The van der Waals surface area contributed by atoms with E-state index in [4.69, 9.17) is 4.42 Å². The van der Waals surface area contributed by atoms with Crippen molar-refractivity contribution in [2.45, 2.75) is 20.4 Å². The summed E-state index contributed by atoms with van der Waals surface area (Å²) in [6.07, 6.45) is 4.90. The molecule has 0 spiro atoms. The minimum Gasteiger partial charge on any atom is -0.467 e. The second-order valence-corrected chi connectivity index (χ2v) is 7.05. The first-order valence-electron chi connectivity index (χ1n) is 9.59. The largest absolute Gasteiger partial charge is 0.467 e. The quantitative estimate of drug-likeness (QED) is 0.539. The van der Waals surface area contributed by atoms with Crippen LogP contribution in [-0.2, 0) is 6.54 Å². The molecule has 0 bridgehead atoms. The van der Waals surface area contributed by atoms with Gasteiger partial charge in [0.15, 0.2) is 5.43 Å². The maximum absolute atomic E-state index is 13.3. The molecule has 1 aromatic carbocycles. The van der Waals surface area contributed by atoms with Gasteiger partial charge in [-0.15, -0.1) is 0 Å². The van der Waals surface area contributed by atoms with Crippen LogP contribution in [0.4, 0.5) is 5.69 Å². The van der Waals surface area contributed by atoms with Gasteiger partial charge in [0, 0.05) is 35.4 Å². The number of pyridine rings is 2. The number of nitrogens with one attached hydrogen (secondary N) is 1. The summed E-state index contributed by atoms with van der Waals surface area (Å²) in [4.78, 5) is 30.5. The van der Waals surface area contributed by atoms with Crippen LogP contribution >= 0.6 is 0 Å². The summed E-state index contributed by atoms with van der Waals surface area (Å²) in [6, 6.07) is 16.2. The van der Waals surface area contributed by atoms with Crippen LogP contribution < -0.4 is 10.7 Å². The van der Waals surface area contributed by atoms with E-state index in [1.165, 1.54) is 6.07 Å². The average molecular weight is 399 g/mol. The molecule has 6 heteroatoms. The number of anilines is 1. The zero-order chi connectivity index (χ0) is 21.1. The molecule has 0 aliphatic heterocycles. The van der Waals surface area contributed by atoms with Crippen LogP contribution in [0.3, 0.4) is 0 Å². The van der Waals surface area contributed by atoms with Gasteiger partial charge < -0.3 is 14.3 Å². The molecule has 6 nitrogen and oxygen atoms in total. The summed E-state index contributed by atoms with van der Waals surface area (Å²) in [5.74, 6) is 0.262. The first-order valence-corrected chi connectivity index (χ1v) is 9.59. The zero-order valence-corrected chi connectivity index (χ0v) is 16.8. The van der Waals surface area contributed by atoms with Gasteiger partial charge in [-0.1, -0.05) is 18.2 Å². The smallest absolute Gasteiger partial charge is 0.261 e. The van der Waals surface area contributed by atoms with Crippen LogP contribution in [-0.4, -0.2) is 15.5 Å². The van der Waals surface area contributed by atoms with E-state index in [1.807, 2.05) is 60.9 Å². The second-order valence-electron chi connectivity index (χ2n) is 7.05. The van der Waals surface area contributed by atoms with Gasteiger partial charge >= 0.3 is 0 Å². The number of hydrogen-bond donors (Lipinski definition) is 1. The third-order valence-electron chi connectivity index (χ3n) is 4.97. The predicted octanol–water partition coefficient (Wildman–Crippen LogP) is 4.42. The number of nitrogens with zero attached hydrogens (tertiary/aromatic N) is 2. The van der Waals surface area contributed by atoms with E-state index < -0.39 is 5.91 Å². The molecule has 3 heterocycles. The lowest BCUT2D eigenvalue weighted by molar-refractivity contribution is 0.102. The van der Waals surface area contributed by atoms with Crippen LogP contribution in [0, 0.1) is 13.8 Å². The summed E-state index contributed by atoms with van der Waals surface area (Å²) in [7, 11) is 0. The van der Waals surface area contributed by atoms with E-state index in [0.29, 0.717) is 23.5 Å². The zero-order valence-electron chi connectivity index (χ0n) is 16.8. The van der Waals surface area contributed by atoms with Crippen LogP contribution in [0.5, 0.6) is 0 Å². The molecule has 0 saturated carbocycles. The lowest BCUT2D eigenvalue weighted by Gasteiger charge is -2.19. The number of aryl methyl sites for hydroxylation is 2. The average Bonchev–Trinajstić information content (AvgIpc) is 3.25. The highest BCUT2D eigenvalue weighted by Crippen LogP contribution is 2.25. The maximum atomic E-state index is 13.3. The number of carbonyl (C=O) groups excluding carboxylic acids is 1. The van der Waals surface area contributed by atoms with Gasteiger partial charge in [-0.2, -0.15) is 0 Å². The van der Waals surface area contributed by atoms with Gasteiger partial charge in [0.05, 0.1) is 18.5 Å². The van der Waals surface area contributed by atoms with Gasteiger partial charge in [-0.25, -0.2) is 0 Å². The minimum atomic E-state index is -0.457. The Morgan fingerprint density at radius 3 is 2.63 bits per heavy atom. The Labute approximate surface area is 173 Å². The Morgan fingerprint density at radius 1 is 1.10 bits per heavy atom. The number of carbonyl (C=O) groups is 1. The second kappa shape index (κ2) is 8.21. The van der Waals surface area contributed by atoms with Crippen LogP contribution in [0.2, 0.25) is 0 Å². The van der Waals surface area contributed by atoms with Crippen molar-refractivity contribution in [2.75, 3.05) is 5.32 Å². The summed E-state index contributed by atoms with van der Waals surface area (Å²) in [6.45, 7) is 4.13. The molecule has 0 aliphatic carbocycles. The molecular formula is C24H21N3O3. The lowest BCUT2D eigenvalue weighted by atomic mass is 10.0. The highest BCUT2D eigenvalue weighted by atomic mass is 16.3. The summed E-state index contributed by atoms with van der Waals surface area (Å²) < 4.78 is 7.42. The van der Waals surface area contributed by atoms with E-state index in [0.717, 1.165) is 17.0 Å². The molecule has 0 fully saturated rings. The molecule has 150 valence electrons. The van der Waals surface area contributed by atoms with E-state index >= 15 is 0 Å². The molecule has 0 unspecified atom stereocenters. The standard InChI is InChI=1S/C24H21N3O3/c1-16-7-3-4-10-20(16)26-24(29)22-21(28)13-17(2)27(15-19-9-6-12-30-19)23(22)18-8-5-11-25-14-18/h3-14H,15H2,1-2H3,(H,26,29). The fourth-order valence-electron chi connectivity index (χ4n) is 3.45. The molecule has 0 radical (unpaired) electrons. The van der Waals surface area contributed by atoms with E-state index in [9.17, 15) is 9.59 Å². The Bertz CT molecular complexity index is 1240. The van der Waals surface area contributed by atoms with Gasteiger partial charge in [-0.3, -0.25) is 14.6 Å². The van der Waals surface area contributed by atoms with Crippen molar-refractivity contribution in [1.29, 1.82) is 0 Å². The lowest BCUT2D eigenvalue weighted by Crippen LogP contribution is -2.27. The van der Waals surface area contributed by atoms with Crippen molar-refractivity contribution in [3.05, 3.63) is 106 Å². The van der Waals surface area contributed by atoms with Crippen LogP contribution in [0.15, 0.2) is 82.5 Å². The number of furan rings is 1. The highest BCUT2D eigenvalue weighted by molar-refractivity contribution is 6.08. The summed E-state index contributed by atoms with van der Waals surface area (Å²) in [5, 5.41) is 2.89. The van der Waals surface area contributed by atoms with Crippen molar-refractivity contribution in [1.82, 2.24) is 9.55 Å². The molecule has 0 aliphatic rings. The van der Waals surface area contributed by atoms with Crippen molar-refractivity contribution < 1.29 is 9.21 Å². The fraction of sp³-hybridized carbons (Fsp3) is 0.125. The monoisotopic (exact) mass is 399 g/mol.